The van der Waals surface area contributed by atoms with Crippen molar-refractivity contribution in [3.05, 3.63) is 32.8 Å². The van der Waals surface area contributed by atoms with Crippen molar-refractivity contribution in [2.24, 2.45) is 0 Å². The lowest BCUT2D eigenvalue weighted by atomic mass is 10.1. The third-order valence-corrected chi connectivity index (χ3v) is 2.98. The standard InChI is InChI=1S/C11H15BrN2O3/c1-2-9(5-6-15)13-10-4-3-8(12)7-11(10)14(16)17/h3-4,7,9,13,15H,2,5-6H2,1H3. The van der Waals surface area contributed by atoms with Gasteiger partial charge in [-0.25, -0.2) is 0 Å². The van der Waals surface area contributed by atoms with Crippen LogP contribution in [0, 0.1) is 10.1 Å². The molecule has 0 spiro atoms. The molecule has 0 aliphatic rings. The number of rotatable bonds is 6. The van der Waals surface area contributed by atoms with E-state index in [2.05, 4.69) is 21.2 Å². The second-order valence-electron chi connectivity index (χ2n) is 3.68. The first-order valence-electron chi connectivity index (χ1n) is 5.39. The van der Waals surface area contributed by atoms with Crippen molar-refractivity contribution in [3.63, 3.8) is 0 Å². The van der Waals surface area contributed by atoms with Gasteiger partial charge in [-0.15, -0.1) is 0 Å². The molecule has 1 rings (SSSR count). The van der Waals surface area contributed by atoms with Crippen LogP contribution in [0.3, 0.4) is 0 Å². The van der Waals surface area contributed by atoms with E-state index in [0.29, 0.717) is 16.6 Å². The van der Waals surface area contributed by atoms with Gasteiger partial charge in [0.2, 0.25) is 0 Å². The van der Waals surface area contributed by atoms with Crippen molar-refractivity contribution in [1.29, 1.82) is 0 Å². The molecule has 6 heteroatoms. The SMILES string of the molecule is CCC(CCO)Nc1ccc(Br)cc1[N+](=O)[O-]. The van der Waals surface area contributed by atoms with E-state index < -0.39 is 4.92 Å². The summed E-state index contributed by atoms with van der Waals surface area (Å²) < 4.78 is 0.671. The van der Waals surface area contributed by atoms with Crippen molar-refractivity contribution >= 4 is 27.3 Å². The number of nitrogens with zero attached hydrogens (tertiary/aromatic N) is 1. The van der Waals surface area contributed by atoms with Gasteiger partial charge < -0.3 is 10.4 Å². The number of halogens is 1. The van der Waals surface area contributed by atoms with Crippen LogP contribution in [0.1, 0.15) is 19.8 Å². The highest BCUT2D eigenvalue weighted by atomic mass is 79.9. The van der Waals surface area contributed by atoms with Gasteiger partial charge in [-0.1, -0.05) is 22.9 Å². The maximum Gasteiger partial charge on any atom is 0.293 e. The molecule has 1 atom stereocenters. The number of anilines is 1. The lowest BCUT2D eigenvalue weighted by Crippen LogP contribution is -2.20. The van der Waals surface area contributed by atoms with E-state index in [9.17, 15) is 10.1 Å². The van der Waals surface area contributed by atoms with Crippen LogP contribution in [-0.2, 0) is 0 Å². The normalized spacial score (nSPS) is 12.2. The van der Waals surface area contributed by atoms with Crippen LogP contribution >= 0.6 is 15.9 Å². The van der Waals surface area contributed by atoms with E-state index in [0.717, 1.165) is 6.42 Å². The number of nitro groups is 1. The van der Waals surface area contributed by atoms with Crippen molar-refractivity contribution in [2.45, 2.75) is 25.8 Å². The number of aliphatic hydroxyl groups is 1. The molecular formula is C11H15BrN2O3. The van der Waals surface area contributed by atoms with Gasteiger partial charge in [0, 0.05) is 23.2 Å². The van der Waals surface area contributed by atoms with E-state index in [1.165, 1.54) is 6.07 Å². The first-order valence-corrected chi connectivity index (χ1v) is 6.19. The summed E-state index contributed by atoms with van der Waals surface area (Å²) in [4.78, 5) is 10.5. The highest BCUT2D eigenvalue weighted by Crippen LogP contribution is 2.29. The smallest absolute Gasteiger partial charge is 0.293 e. The molecule has 0 aliphatic carbocycles. The molecule has 0 bridgehead atoms. The molecule has 0 heterocycles. The predicted molar refractivity (Wildman–Crippen MR) is 70.2 cm³/mol. The number of benzene rings is 1. The Morgan fingerprint density at radius 1 is 1.59 bits per heavy atom. The lowest BCUT2D eigenvalue weighted by Gasteiger charge is -2.17. The fraction of sp³-hybridized carbons (Fsp3) is 0.455. The fourth-order valence-corrected chi connectivity index (χ4v) is 1.88. The highest BCUT2D eigenvalue weighted by Gasteiger charge is 2.16. The van der Waals surface area contributed by atoms with Gasteiger partial charge in [0.05, 0.1) is 4.92 Å². The minimum atomic E-state index is -0.418. The summed E-state index contributed by atoms with van der Waals surface area (Å²) >= 11 is 3.21. The van der Waals surface area contributed by atoms with Crippen LogP contribution in [0.2, 0.25) is 0 Å². The van der Waals surface area contributed by atoms with Gasteiger partial charge >= 0.3 is 0 Å². The van der Waals surface area contributed by atoms with Gasteiger partial charge in [0.25, 0.3) is 5.69 Å². The molecule has 17 heavy (non-hydrogen) atoms. The Morgan fingerprint density at radius 3 is 2.82 bits per heavy atom. The van der Waals surface area contributed by atoms with Gasteiger partial charge in [0.15, 0.2) is 0 Å². The number of nitro benzene ring substituents is 1. The maximum atomic E-state index is 10.9. The first kappa shape index (κ1) is 13.9. The fourth-order valence-electron chi connectivity index (χ4n) is 1.53. The molecule has 0 saturated carbocycles. The van der Waals surface area contributed by atoms with E-state index in [4.69, 9.17) is 5.11 Å². The molecule has 94 valence electrons. The molecule has 0 fully saturated rings. The van der Waals surface area contributed by atoms with E-state index in [1.807, 2.05) is 6.92 Å². The highest BCUT2D eigenvalue weighted by molar-refractivity contribution is 9.10. The zero-order chi connectivity index (χ0) is 12.8. The summed E-state index contributed by atoms with van der Waals surface area (Å²) in [6.45, 7) is 2.04. The quantitative estimate of drug-likeness (QED) is 0.626. The Labute approximate surface area is 108 Å². The molecule has 0 aliphatic heterocycles. The largest absolute Gasteiger partial charge is 0.396 e. The van der Waals surface area contributed by atoms with Crippen LogP contribution < -0.4 is 5.32 Å². The molecule has 0 radical (unpaired) electrons. The number of aliphatic hydroxyl groups excluding tert-OH is 1. The third-order valence-electron chi connectivity index (χ3n) is 2.49. The van der Waals surface area contributed by atoms with Crippen LogP contribution in [0.4, 0.5) is 11.4 Å². The minimum absolute atomic E-state index is 0.0377. The Kier molecular flexibility index (Phi) is 5.37. The van der Waals surface area contributed by atoms with Crippen molar-refractivity contribution in [3.8, 4) is 0 Å². The van der Waals surface area contributed by atoms with Crippen LogP contribution in [0.25, 0.3) is 0 Å². The second kappa shape index (κ2) is 6.56. The average Bonchev–Trinajstić information content (AvgIpc) is 2.30. The van der Waals surface area contributed by atoms with Crippen LogP contribution in [0.15, 0.2) is 22.7 Å². The van der Waals surface area contributed by atoms with E-state index >= 15 is 0 Å². The molecule has 0 amide bonds. The van der Waals surface area contributed by atoms with E-state index in [-0.39, 0.29) is 18.3 Å². The molecule has 5 nitrogen and oxygen atoms in total. The van der Waals surface area contributed by atoms with Crippen LogP contribution in [0.5, 0.6) is 0 Å². The molecule has 1 aromatic carbocycles. The summed E-state index contributed by atoms with van der Waals surface area (Å²) in [5, 5.41) is 22.9. The van der Waals surface area contributed by atoms with Crippen molar-refractivity contribution in [2.75, 3.05) is 11.9 Å². The molecule has 2 N–H and O–H groups in total. The molecule has 0 aromatic heterocycles. The summed E-state index contributed by atoms with van der Waals surface area (Å²) in [7, 11) is 0. The third kappa shape index (κ3) is 3.98. The van der Waals surface area contributed by atoms with E-state index in [1.54, 1.807) is 12.1 Å². The molecular weight excluding hydrogens is 288 g/mol. The van der Waals surface area contributed by atoms with Gasteiger partial charge in [0.1, 0.15) is 5.69 Å². The minimum Gasteiger partial charge on any atom is -0.396 e. The summed E-state index contributed by atoms with van der Waals surface area (Å²) in [6, 6.07) is 4.93. The number of hydrogen-bond donors (Lipinski definition) is 2. The van der Waals surface area contributed by atoms with Gasteiger partial charge in [-0.2, -0.15) is 0 Å². The lowest BCUT2D eigenvalue weighted by molar-refractivity contribution is -0.384. The molecule has 1 aromatic rings. The summed E-state index contributed by atoms with van der Waals surface area (Å²) in [6.07, 6.45) is 1.37. The Hall–Kier alpha value is -1.14. The van der Waals surface area contributed by atoms with Gasteiger partial charge in [-0.05, 0) is 25.0 Å². The predicted octanol–water partition coefficient (Wildman–Crippen LogP) is 2.93. The maximum absolute atomic E-state index is 10.9. The summed E-state index contributed by atoms with van der Waals surface area (Å²) in [5.41, 5.74) is 0.522. The average molecular weight is 303 g/mol. The zero-order valence-electron chi connectivity index (χ0n) is 9.52. The van der Waals surface area contributed by atoms with Crippen molar-refractivity contribution in [1.82, 2.24) is 0 Å². The van der Waals surface area contributed by atoms with Crippen LogP contribution in [-0.4, -0.2) is 22.7 Å². The Balaban J connectivity index is 2.92. The first-order chi connectivity index (χ1) is 8.08. The number of nitrogens with one attached hydrogen (secondary N) is 1. The van der Waals surface area contributed by atoms with Gasteiger partial charge in [-0.3, -0.25) is 10.1 Å². The zero-order valence-corrected chi connectivity index (χ0v) is 11.1. The topological polar surface area (TPSA) is 75.4 Å². The Bertz CT molecular complexity index is 398. The molecule has 0 saturated heterocycles. The monoisotopic (exact) mass is 302 g/mol. The summed E-state index contributed by atoms with van der Waals surface area (Å²) in [5.74, 6) is 0. The second-order valence-corrected chi connectivity index (χ2v) is 4.60. The van der Waals surface area contributed by atoms with Crippen molar-refractivity contribution < 1.29 is 10.0 Å². The Morgan fingerprint density at radius 2 is 2.29 bits per heavy atom. The molecule has 1 unspecified atom stereocenters. The number of hydrogen-bond acceptors (Lipinski definition) is 4.